The average molecular weight is 278 g/mol. The lowest BCUT2D eigenvalue weighted by Gasteiger charge is -2.30. The van der Waals surface area contributed by atoms with Crippen LogP contribution in [0.3, 0.4) is 0 Å². The van der Waals surface area contributed by atoms with Crippen molar-refractivity contribution < 1.29 is 9.47 Å². The standard InChI is InChI=1S/C16H26N2O2/c1-3-17-12-15-4-6-16(7-5-15)20-11-9-18-8-10-19-14(2)13-18/h4-7,14,17H,3,8-13H2,1-2H3. The van der Waals surface area contributed by atoms with Crippen LogP contribution in [0.2, 0.25) is 0 Å². The second-order valence-corrected chi connectivity index (χ2v) is 5.25. The smallest absolute Gasteiger partial charge is 0.119 e. The molecule has 2 rings (SSSR count). The lowest BCUT2D eigenvalue weighted by Crippen LogP contribution is -2.42. The summed E-state index contributed by atoms with van der Waals surface area (Å²) in [6.45, 7) is 10.7. The highest BCUT2D eigenvalue weighted by Gasteiger charge is 2.15. The molecule has 0 amide bonds. The van der Waals surface area contributed by atoms with Crippen LogP contribution in [0.15, 0.2) is 24.3 Å². The van der Waals surface area contributed by atoms with E-state index in [2.05, 4.69) is 48.3 Å². The Morgan fingerprint density at radius 3 is 2.85 bits per heavy atom. The Labute approximate surface area is 122 Å². The van der Waals surface area contributed by atoms with E-state index in [1.807, 2.05) is 0 Å². The minimum Gasteiger partial charge on any atom is -0.492 e. The van der Waals surface area contributed by atoms with Crippen LogP contribution in [-0.4, -0.2) is 50.4 Å². The Balaban J connectivity index is 1.68. The molecule has 0 bridgehead atoms. The van der Waals surface area contributed by atoms with Crippen molar-refractivity contribution >= 4 is 0 Å². The summed E-state index contributed by atoms with van der Waals surface area (Å²) in [4.78, 5) is 2.40. The summed E-state index contributed by atoms with van der Waals surface area (Å²) >= 11 is 0. The molecule has 0 radical (unpaired) electrons. The topological polar surface area (TPSA) is 33.7 Å². The molecule has 4 nitrogen and oxygen atoms in total. The van der Waals surface area contributed by atoms with Gasteiger partial charge in [-0.25, -0.2) is 0 Å². The molecular weight excluding hydrogens is 252 g/mol. The van der Waals surface area contributed by atoms with Crippen LogP contribution in [-0.2, 0) is 11.3 Å². The second-order valence-electron chi connectivity index (χ2n) is 5.25. The van der Waals surface area contributed by atoms with E-state index in [1.54, 1.807) is 0 Å². The molecule has 1 atom stereocenters. The molecule has 0 aliphatic carbocycles. The summed E-state index contributed by atoms with van der Waals surface area (Å²) in [5.74, 6) is 0.951. The first-order valence-corrected chi connectivity index (χ1v) is 7.54. The zero-order valence-corrected chi connectivity index (χ0v) is 12.6. The number of ether oxygens (including phenoxy) is 2. The van der Waals surface area contributed by atoms with Gasteiger partial charge in [0.2, 0.25) is 0 Å². The van der Waals surface area contributed by atoms with Crippen molar-refractivity contribution in [2.45, 2.75) is 26.5 Å². The van der Waals surface area contributed by atoms with Gasteiger partial charge in [-0.05, 0) is 31.2 Å². The quantitative estimate of drug-likeness (QED) is 0.826. The van der Waals surface area contributed by atoms with Gasteiger partial charge in [-0.3, -0.25) is 4.90 Å². The second kappa shape index (κ2) is 8.25. The summed E-state index contributed by atoms with van der Waals surface area (Å²) < 4.78 is 11.3. The van der Waals surface area contributed by atoms with Gasteiger partial charge in [-0.2, -0.15) is 0 Å². The Morgan fingerprint density at radius 1 is 1.35 bits per heavy atom. The highest BCUT2D eigenvalue weighted by Crippen LogP contribution is 2.12. The largest absolute Gasteiger partial charge is 0.492 e. The highest BCUT2D eigenvalue weighted by molar-refractivity contribution is 5.27. The maximum absolute atomic E-state index is 5.80. The third-order valence-corrected chi connectivity index (χ3v) is 3.50. The van der Waals surface area contributed by atoms with Gasteiger partial charge in [0, 0.05) is 26.2 Å². The van der Waals surface area contributed by atoms with E-state index in [9.17, 15) is 0 Å². The van der Waals surface area contributed by atoms with Gasteiger partial charge in [0.25, 0.3) is 0 Å². The molecule has 1 heterocycles. The van der Waals surface area contributed by atoms with Crippen LogP contribution in [0.5, 0.6) is 5.75 Å². The third kappa shape index (κ3) is 5.12. The molecule has 1 saturated heterocycles. The number of nitrogens with zero attached hydrogens (tertiary/aromatic N) is 1. The van der Waals surface area contributed by atoms with E-state index in [0.29, 0.717) is 6.10 Å². The normalized spacial score (nSPS) is 20.0. The van der Waals surface area contributed by atoms with Crippen LogP contribution >= 0.6 is 0 Å². The van der Waals surface area contributed by atoms with Crippen molar-refractivity contribution in [1.82, 2.24) is 10.2 Å². The van der Waals surface area contributed by atoms with Crippen LogP contribution < -0.4 is 10.1 Å². The van der Waals surface area contributed by atoms with Gasteiger partial charge in [0.05, 0.1) is 12.7 Å². The zero-order chi connectivity index (χ0) is 14.2. The average Bonchev–Trinajstić information content (AvgIpc) is 2.46. The fourth-order valence-corrected chi connectivity index (χ4v) is 2.36. The van der Waals surface area contributed by atoms with Crippen LogP contribution in [0.4, 0.5) is 0 Å². The number of nitrogens with one attached hydrogen (secondary N) is 1. The monoisotopic (exact) mass is 278 g/mol. The molecule has 0 spiro atoms. The molecule has 20 heavy (non-hydrogen) atoms. The number of rotatable bonds is 7. The fourth-order valence-electron chi connectivity index (χ4n) is 2.36. The number of morpholine rings is 1. The first kappa shape index (κ1) is 15.3. The molecule has 4 heteroatoms. The van der Waals surface area contributed by atoms with Gasteiger partial charge in [-0.15, -0.1) is 0 Å². The Morgan fingerprint density at radius 2 is 2.15 bits per heavy atom. The summed E-state index contributed by atoms with van der Waals surface area (Å²) in [7, 11) is 0. The molecule has 1 aromatic carbocycles. The van der Waals surface area contributed by atoms with Crippen molar-refractivity contribution in [3.05, 3.63) is 29.8 Å². The predicted molar refractivity (Wildman–Crippen MR) is 81.2 cm³/mol. The molecule has 0 saturated carbocycles. The number of hydrogen-bond acceptors (Lipinski definition) is 4. The summed E-state index contributed by atoms with van der Waals surface area (Å²) in [5, 5.41) is 3.31. The molecule has 1 N–H and O–H groups in total. The van der Waals surface area contributed by atoms with Crippen LogP contribution in [0, 0.1) is 0 Å². The van der Waals surface area contributed by atoms with Gasteiger partial charge in [0.15, 0.2) is 0 Å². The van der Waals surface area contributed by atoms with Gasteiger partial charge in [0.1, 0.15) is 12.4 Å². The van der Waals surface area contributed by atoms with E-state index < -0.39 is 0 Å². The van der Waals surface area contributed by atoms with E-state index in [0.717, 1.165) is 51.7 Å². The van der Waals surface area contributed by atoms with Crippen LogP contribution in [0.1, 0.15) is 19.4 Å². The minimum atomic E-state index is 0.342. The van der Waals surface area contributed by atoms with Crippen LogP contribution in [0.25, 0.3) is 0 Å². The SMILES string of the molecule is CCNCc1ccc(OCCN2CCOC(C)C2)cc1. The fraction of sp³-hybridized carbons (Fsp3) is 0.625. The third-order valence-electron chi connectivity index (χ3n) is 3.50. The summed E-state index contributed by atoms with van der Waals surface area (Å²) in [5.41, 5.74) is 1.29. The van der Waals surface area contributed by atoms with Crippen molar-refractivity contribution in [3.8, 4) is 5.75 Å². The van der Waals surface area contributed by atoms with Crippen molar-refractivity contribution in [3.63, 3.8) is 0 Å². The van der Waals surface area contributed by atoms with E-state index in [1.165, 1.54) is 5.56 Å². The Kier molecular flexibility index (Phi) is 6.30. The first-order chi connectivity index (χ1) is 9.78. The van der Waals surface area contributed by atoms with E-state index in [4.69, 9.17) is 9.47 Å². The highest BCUT2D eigenvalue weighted by atomic mass is 16.5. The number of benzene rings is 1. The molecule has 1 unspecified atom stereocenters. The predicted octanol–water partition coefficient (Wildman–Crippen LogP) is 1.90. The molecule has 112 valence electrons. The summed E-state index contributed by atoms with van der Waals surface area (Å²) in [6, 6.07) is 8.34. The van der Waals surface area contributed by atoms with Crippen molar-refractivity contribution in [2.24, 2.45) is 0 Å². The summed E-state index contributed by atoms with van der Waals surface area (Å²) in [6.07, 6.45) is 0.342. The Hall–Kier alpha value is -1.10. The van der Waals surface area contributed by atoms with Gasteiger partial charge >= 0.3 is 0 Å². The van der Waals surface area contributed by atoms with E-state index in [-0.39, 0.29) is 0 Å². The molecular formula is C16H26N2O2. The molecule has 0 aromatic heterocycles. The lowest BCUT2D eigenvalue weighted by atomic mass is 10.2. The molecule has 1 aliphatic rings. The molecule has 1 fully saturated rings. The maximum Gasteiger partial charge on any atom is 0.119 e. The first-order valence-electron chi connectivity index (χ1n) is 7.54. The molecule has 1 aromatic rings. The van der Waals surface area contributed by atoms with Gasteiger partial charge in [-0.1, -0.05) is 19.1 Å². The number of hydrogen-bond donors (Lipinski definition) is 1. The lowest BCUT2D eigenvalue weighted by molar-refractivity contribution is -0.0214. The zero-order valence-electron chi connectivity index (χ0n) is 12.6. The van der Waals surface area contributed by atoms with E-state index >= 15 is 0 Å². The Bertz CT molecular complexity index is 381. The molecule has 1 aliphatic heterocycles. The van der Waals surface area contributed by atoms with Crippen molar-refractivity contribution in [2.75, 3.05) is 39.4 Å². The minimum absolute atomic E-state index is 0.342. The van der Waals surface area contributed by atoms with Gasteiger partial charge < -0.3 is 14.8 Å². The van der Waals surface area contributed by atoms with Crippen molar-refractivity contribution in [1.29, 1.82) is 0 Å². The maximum atomic E-state index is 5.80.